The van der Waals surface area contributed by atoms with Crippen molar-refractivity contribution >= 4 is 15.7 Å². The standard InChI is InChI=1S/C14H14FNO3S/c1-11-6-8-14(9-7-11)20(17,18)16(19-2)13-5-3-4-12(15)10-13/h3-10H,1-2H3. The minimum absolute atomic E-state index is 0.0780. The molecule has 2 aromatic carbocycles. The van der Waals surface area contributed by atoms with Gasteiger partial charge in [0.15, 0.2) is 0 Å². The van der Waals surface area contributed by atoms with Crippen molar-refractivity contribution in [1.82, 2.24) is 0 Å². The maximum absolute atomic E-state index is 13.2. The number of sulfonamides is 1. The molecule has 0 heterocycles. The maximum Gasteiger partial charge on any atom is 0.286 e. The van der Waals surface area contributed by atoms with Crippen LogP contribution in [-0.2, 0) is 14.9 Å². The molecule has 0 N–H and O–H groups in total. The van der Waals surface area contributed by atoms with Crippen molar-refractivity contribution in [1.29, 1.82) is 0 Å². The van der Waals surface area contributed by atoms with E-state index in [-0.39, 0.29) is 10.6 Å². The molecule has 0 aliphatic carbocycles. The fourth-order valence-electron chi connectivity index (χ4n) is 1.74. The third-order valence-corrected chi connectivity index (χ3v) is 4.39. The molecule has 0 aliphatic rings. The van der Waals surface area contributed by atoms with Crippen LogP contribution in [0.1, 0.15) is 5.56 Å². The minimum Gasteiger partial charge on any atom is -0.262 e. The second-order valence-electron chi connectivity index (χ2n) is 4.21. The summed E-state index contributed by atoms with van der Waals surface area (Å²) in [4.78, 5) is 5.00. The molecular weight excluding hydrogens is 281 g/mol. The van der Waals surface area contributed by atoms with Gasteiger partial charge in [0.05, 0.1) is 17.7 Å². The highest BCUT2D eigenvalue weighted by Gasteiger charge is 2.25. The third-order valence-electron chi connectivity index (χ3n) is 2.72. The number of halogens is 1. The summed E-state index contributed by atoms with van der Waals surface area (Å²) in [6, 6.07) is 11.5. The first-order valence-corrected chi connectivity index (χ1v) is 7.31. The highest BCUT2D eigenvalue weighted by Crippen LogP contribution is 2.24. The van der Waals surface area contributed by atoms with Crippen molar-refractivity contribution in [3.8, 4) is 0 Å². The third kappa shape index (κ3) is 2.81. The maximum atomic E-state index is 13.2. The molecule has 0 aliphatic heterocycles. The van der Waals surface area contributed by atoms with Crippen LogP contribution in [0.4, 0.5) is 10.1 Å². The summed E-state index contributed by atoms with van der Waals surface area (Å²) in [6.07, 6.45) is 0. The summed E-state index contributed by atoms with van der Waals surface area (Å²) in [5.41, 5.74) is 1.05. The lowest BCUT2D eigenvalue weighted by molar-refractivity contribution is 0.216. The molecule has 20 heavy (non-hydrogen) atoms. The van der Waals surface area contributed by atoms with Crippen molar-refractivity contribution in [3.05, 3.63) is 59.9 Å². The second kappa shape index (κ2) is 5.60. The van der Waals surface area contributed by atoms with E-state index in [4.69, 9.17) is 4.84 Å². The lowest BCUT2D eigenvalue weighted by Gasteiger charge is -2.21. The largest absolute Gasteiger partial charge is 0.286 e. The van der Waals surface area contributed by atoms with Gasteiger partial charge >= 0.3 is 0 Å². The van der Waals surface area contributed by atoms with Crippen LogP contribution in [0.5, 0.6) is 0 Å². The quantitative estimate of drug-likeness (QED) is 0.815. The van der Waals surface area contributed by atoms with Gasteiger partial charge in [0.1, 0.15) is 5.82 Å². The molecule has 0 saturated carbocycles. The molecule has 0 unspecified atom stereocenters. The minimum atomic E-state index is -3.89. The van der Waals surface area contributed by atoms with Gasteiger partial charge in [0.25, 0.3) is 10.0 Å². The summed E-state index contributed by atoms with van der Waals surface area (Å²) in [7, 11) is -2.67. The number of hydrogen-bond donors (Lipinski definition) is 0. The summed E-state index contributed by atoms with van der Waals surface area (Å²) in [5.74, 6) is -0.538. The zero-order valence-electron chi connectivity index (χ0n) is 11.1. The Morgan fingerprint density at radius 2 is 1.75 bits per heavy atom. The second-order valence-corrected chi connectivity index (χ2v) is 5.96. The zero-order chi connectivity index (χ0) is 14.8. The Balaban J connectivity index is 2.47. The molecular formula is C14H14FNO3S. The summed E-state index contributed by atoms with van der Waals surface area (Å²) >= 11 is 0. The molecule has 2 aromatic rings. The Labute approximate surface area is 117 Å². The van der Waals surface area contributed by atoms with Crippen LogP contribution in [-0.4, -0.2) is 15.5 Å². The topological polar surface area (TPSA) is 46.6 Å². The normalized spacial score (nSPS) is 11.3. The molecule has 6 heteroatoms. The van der Waals surface area contributed by atoms with Gasteiger partial charge in [0.2, 0.25) is 0 Å². The van der Waals surface area contributed by atoms with Gasteiger partial charge in [-0.1, -0.05) is 23.8 Å². The number of hydrogen-bond acceptors (Lipinski definition) is 3. The van der Waals surface area contributed by atoms with Crippen LogP contribution in [0.3, 0.4) is 0 Å². The van der Waals surface area contributed by atoms with Gasteiger partial charge in [-0.25, -0.2) is 4.39 Å². The Morgan fingerprint density at radius 3 is 2.30 bits per heavy atom. The van der Waals surface area contributed by atoms with Crippen LogP contribution < -0.4 is 4.47 Å². The van der Waals surface area contributed by atoms with Crippen molar-refractivity contribution in [2.75, 3.05) is 11.6 Å². The van der Waals surface area contributed by atoms with Gasteiger partial charge < -0.3 is 0 Å². The molecule has 0 bridgehead atoms. The monoisotopic (exact) mass is 295 g/mol. The predicted molar refractivity (Wildman–Crippen MR) is 74.3 cm³/mol. The smallest absolute Gasteiger partial charge is 0.262 e. The van der Waals surface area contributed by atoms with E-state index in [0.29, 0.717) is 4.47 Å². The lowest BCUT2D eigenvalue weighted by Crippen LogP contribution is -2.30. The fourth-order valence-corrected chi connectivity index (χ4v) is 3.00. The van der Waals surface area contributed by atoms with Gasteiger partial charge in [-0.3, -0.25) is 4.84 Å². The van der Waals surface area contributed by atoms with E-state index in [1.54, 1.807) is 12.1 Å². The number of anilines is 1. The molecule has 0 aromatic heterocycles. The van der Waals surface area contributed by atoms with Gasteiger partial charge in [-0.15, -0.1) is 4.47 Å². The molecule has 106 valence electrons. The molecule has 0 atom stereocenters. The van der Waals surface area contributed by atoms with Gasteiger partial charge in [-0.05, 0) is 31.2 Å². The van der Waals surface area contributed by atoms with Gasteiger partial charge in [0, 0.05) is 6.07 Å². The Bertz CT molecular complexity index is 699. The van der Waals surface area contributed by atoms with Crippen LogP contribution in [0.15, 0.2) is 53.4 Å². The van der Waals surface area contributed by atoms with Crippen molar-refractivity contribution in [2.24, 2.45) is 0 Å². The van der Waals surface area contributed by atoms with E-state index < -0.39 is 15.8 Å². The molecule has 0 fully saturated rings. The van der Waals surface area contributed by atoms with Crippen molar-refractivity contribution < 1.29 is 17.6 Å². The van der Waals surface area contributed by atoms with Crippen LogP contribution in [0.25, 0.3) is 0 Å². The lowest BCUT2D eigenvalue weighted by atomic mass is 10.2. The van der Waals surface area contributed by atoms with Crippen molar-refractivity contribution in [3.63, 3.8) is 0 Å². The predicted octanol–water partition coefficient (Wildman–Crippen LogP) is 2.89. The first-order chi connectivity index (χ1) is 9.45. The van der Waals surface area contributed by atoms with Crippen LogP contribution >= 0.6 is 0 Å². The highest BCUT2D eigenvalue weighted by molar-refractivity contribution is 7.92. The Kier molecular flexibility index (Phi) is 4.06. The number of nitrogens with zero attached hydrogens (tertiary/aromatic N) is 1. The first-order valence-electron chi connectivity index (χ1n) is 5.87. The summed E-state index contributed by atoms with van der Waals surface area (Å²) in [6.45, 7) is 1.86. The zero-order valence-corrected chi connectivity index (χ0v) is 11.9. The molecule has 4 nitrogen and oxygen atoms in total. The SMILES string of the molecule is CON(c1cccc(F)c1)S(=O)(=O)c1ccc(C)cc1. The Hall–Kier alpha value is -1.92. The van der Waals surface area contributed by atoms with Crippen LogP contribution in [0.2, 0.25) is 0 Å². The fraction of sp³-hybridized carbons (Fsp3) is 0.143. The van der Waals surface area contributed by atoms with Crippen molar-refractivity contribution in [2.45, 2.75) is 11.8 Å². The van der Waals surface area contributed by atoms with Gasteiger partial charge in [-0.2, -0.15) is 8.42 Å². The highest BCUT2D eigenvalue weighted by atomic mass is 32.2. The van der Waals surface area contributed by atoms with E-state index in [0.717, 1.165) is 11.6 Å². The van der Waals surface area contributed by atoms with E-state index in [1.165, 1.54) is 37.4 Å². The molecule has 0 amide bonds. The van der Waals surface area contributed by atoms with E-state index in [9.17, 15) is 12.8 Å². The molecule has 2 rings (SSSR count). The summed E-state index contributed by atoms with van der Waals surface area (Å²) in [5, 5.41) is 0. The average Bonchev–Trinajstić information content (AvgIpc) is 2.40. The number of benzene rings is 2. The molecule has 0 spiro atoms. The number of rotatable bonds is 4. The molecule has 0 radical (unpaired) electrons. The van der Waals surface area contributed by atoms with E-state index >= 15 is 0 Å². The van der Waals surface area contributed by atoms with E-state index in [2.05, 4.69) is 0 Å². The average molecular weight is 295 g/mol. The van der Waals surface area contributed by atoms with E-state index in [1.807, 2.05) is 6.92 Å². The molecule has 0 saturated heterocycles. The Morgan fingerprint density at radius 1 is 1.10 bits per heavy atom. The first kappa shape index (κ1) is 14.5. The van der Waals surface area contributed by atoms with Crippen LogP contribution in [0, 0.1) is 12.7 Å². The number of aryl methyl sites for hydroxylation is 1. The summed E-state index contributed by atoms with van der Waals surface area (Å²) < 4.78 is 38.9.